The van der Waals surface area contributed by atoms with Crippen molar-refractivity contribution in [3.05, 3.63) is 21.9 Å². The van der Waals surface area contributed by atoms with Crippen molar-refractivity contribution in [2.24, 2.45) is 5.92 Å². The van der Waals surface area contributed by atoms with Gasteiger partial charge in [0.05, 0.1) is 6.61 Å². The van der Waals surface area contributed by atoms with Gasteiger partial charge in [0.15, 0.2) is 0 Å². The van der Waals surface area contributed by atoms with Gasteiger partial charge in [-0.3, -0.25) is 0 Å². The largest absolute Gasteiger partial charge is 0.381 e. The van der Waals surface area contributed by atoms with Gasteiger partial charge < -0.3 is 10.1 Å². The van der Waals surface area contributed by atoms with Gasteiger partial charge in [-0.2, -0.15) is 0 Å². The van der Waals surface area contributed by atoms with E-state index < -0.39 is 0 Å². The molecule has 14 heavy (non-hydrogen) atoms. The van der Waals surface area contributed by atoms with Crippen LogP contribution in [0, 0.1) is 12.8 Å². The minimum absolute atomic E-state index is 0.732. The van der Waals surface area contributed by atoms with Crippen LogP contribution < -0.4 is 5.32 Å². The summed E-state index contributed by atoms with van der Waals surface area (Å²) in [7, 11) is 0. The lowest BCUT2D eigenvalue weighted by Crippen LogP contribution is -2.22. The number of aryl methyl sites for hydroxylation is 1. The molecule has 0 spiro atoms. The maximum atomic E-state index is 5.33. The quantitative estimate of drug-likeness (QED) is 0.824. The number of hydrogen-bond donors (Lipinski definition) is 1. The standard InChI is InChI=1S/C11H17NOS/c1-9-2-3-11(14-9)7-12-6-10-4-5-13-8-10/h2-3,10,12H,4-8H2,1H3. The van der Waals surface area contributed by atoms with Crippen molar-refractivity contribution in [3.63, 3.8) is 0 Å². The first-order chi connectivity index (χ1) is 6.84. The van der Waals surface area contributed by atoms with Crippen LogP contribution in [0.25, 0.3) is 0 Å². The van der Waals surface area contributed by atoms with Crippen LogP contribution in [-0.2, 0) is 11.3 Å². The Morgan fingerprint density at radius 3 is 3.14 bits per heavy atom. The van der Waals surface area contributed by atoms with Gasteiger partial charge in [-0.25, -0.2) is 0 Å². The summed E-state index contributed by atoms with van der Waals surface area (Å²) in [5.41, 5.74) is 0. The summed E-state index contributed by atoms with van der Waals surface area (Å²) < 4.78 is 5.33. The van der Waals surface area contributed by atoms with Crippen LogP contribution in [-0.4, -0.2) is 19.8 Å². The lowest BCUT2D eigenvalue weighted by molar-refractivity contribution is 0.185. The van der Waals surface area contributed by atoms with Gasteiger partial charge >= 0.3 is 0 Å². The number of rotatable bonds is 4. The molecule has 2 heterocycles. The maximum Gasteiger partial charge on any atom is 0.0507 e. The second-order valence-electron chi connectivity index (χ2n) is 3.87. The van der Waals surface area contributed by atoms with Crippen molar-refractivity contribution < 1.29 is 4.74 Å². The summed E-state index contributed by atoms with van der Waals surface area (Å²) in [6, 6.07) is 4.39. The lowest BCUT2D eigenvalue weighted by atomic mass is 10.1. The first-order valence-corrected chi connectivity index (χ1v) is 6.00. The molecule has 1 N–H and O–H groups in total. The van der Waals surface area contributed by atoms with E-state index in [1.807, 2.05) is 11.3 Å². The van der Waals surface area contributed by atoms with Crippen molar-refractivity contribution in [1.29, 1.82) is 0 Å². The molecule has 1 aromatic rings. The Bertz CT molecular complexity index is 279. The van der Waals surface area contributed by atoms with Crippen LogP contribution >= 0.6 is 11.3 Å². The molecule has 1 aromatic heterocycles. The van der Waals surface area contributed by atoms with Crippen molar-refractivity contribution in [1.82, 2.24) is 5.32 Å². The third kappa shape index (κ3) is 2.80. The first-order valence-electron chi connectivity index (χ1n) is 5.18. The molecule has 2 rings (SSSR count). The van der Waals surface area contributed by atoms with Crippen LogP contribution in [0.5, 0.6) is 0 Å². The van der Waals surface area contributed by atoms with E-state index in [0.29, 0.717) is 0 Å². The maximum absolute atomic E-state index is 5.33. The van der Waals surface area contributed by atoms with E-state index in [4.69, 9.17) is 4.74 Å². The predicted octanol–water partition coefficient (Wildman–Crippen LogP) is 2.18. The van der Waals surface area contributed by atoms with E-state index >= 15 is 0 Å². The lowest BCUT2D eigenvalue weighted by Gasteiger charge is -2.07. The van der Waals surface area contributed by atoms with E-state index in [1.165, 1.54) is 16.2 Å². The Hall–Kier alpha value is -0.380. The SMILES string of the molecule is Cc1ccc(CNCC2CCOC2)s1. The van der Waals surface area contributed by atoms with Gasteiger partial charge in [-0.15, -0.1) is 11.3 Å². The number of ether oxygens (including phenoxy) is 1. The van der Waals surface area contributed by atoms with Gasteiger partial charge in [0.1, 0.15) is 0 Å². The van der Waals surface area contributed by atoms with Crippen LogP contribution in [0.1, 0.15) is 16.2 Å². The van der Waals surface area contributed by atoms with Crippen molar-refractivity contribution >= 4 is 11.3 Å². The molecule has 0 amide bonds. The molecule has 0 radical (unpaired) electrons. The van der Waals surface area contributed by atoms with E-state index in [0.717, 1.165) is 32.2 Å². The molecular formula is C11H17NOS. The average Bonchev–Trinajstić information content (AvgIpc) is 2.77. The Morgan fingerprint density at radius 1 is 1.57 bits per heavy atom. The molecule has 2 nitrogen and oxygen atoms in total. The molecule has 0 aromatic carbocycles. The summed E-state index contributed by atoms with van der Waals surface area (Å²) in [6.45, 7) is 6.14. The highest BCUT2D eigenvalue weighted by Crippen LogP contribution is 2.15. The third-order valence-corrected chi connectivity index (χ3v) is 3.55. The van der Waals surface area contributed by atoms with Crippen LogP contribution in [0.4, 0.5) is 0 Å². The fraction of sp³-hybridized carbons (Fsp3) is 0.636. The van der Waals surface area contributed by atoms with Gasteiger partial charge in [-0.05, 0) is 31.4 Å². The van der Waals surface area contributed by atoms with Gasteiger partial charge in [0, 0.05) is 29.5 Å². The molecule has 1 aliphatic rings. The fourth-order valence-electron chi connectivity index (χ4n) is 1.72. The zero-order chi connectivity index (χ0) is 9.80. The summed E-state index contributed by atoms with van der Waals surface area (Å²) >= 11 is 1.88. The second-order valence-corrected chi connectivity index (χ2v) is 5.25. The molecule has 0 saturated carbocycles. The highest BCUT2D eigenvalue weighted by Gasteiger charge is 2.14. The van der Waals surface area contributed by atoms with Gasteiger partial charge in [0.25, 0.3) is 0 Å². The van der Waals surface area contributed by atoms with Gasteiger partial charge in [-0.1, -0.05) is 0 Å². The summed E-state index contributed by atoms with van der Waals surface area (Å²) in [6.07, 6.45) is 1.22. The second kappa shape index (κ2) is 4.91. The minimum atomic E-state index is 0.732. The monoisotopic (exact) mass is 211 g/mol. The van der Waals surface area contributed by atoms with Crippen molar-refractivity contribution in [2.75, 3.05) is 19.8 Å². The summed E-state index contributed by atoms with van der Waals surface area (Å²) in [5.74, 6) is 0.732. The predicted molar refractivity (Wildman–Crippen MR) is 59.7 cm³/mol. The van der Waals surface area contributed by atoms with Gasteiger partial charge in [0.2, 0.25) is 0 Å². The number of hydrogen-bond acceptors (Lipinski definition) is 3. The third-order valence-electron chi connectivity index (χ3n) is 2.55. The number of thiophene rings is 1. The average molecular weight is 211 g/mol. The van der Waals surface area contributed by atoms with Crippen LogP contribution in [0.3, 0.4) is 0 Å². The molecule has 78 valence electrons. The van der Waals surface area contributed by atoms with Crippen molar-refractivity contribution in [3.8, 4) is 0 Å². The van der Waals surface area contributed by atoms with Crippen LogP contribution in [0.2, 0.25) is 0 Å². The van der Waals surface area contributed by atoms with E-state index in [9.17, 15) is 0 Å². The zero-order valence-electron chi connectivity index (χ0n) is 8.58. The Morgan fingerprint density at radius 2 is 2.50 bits per heavy atom. The molecular weight excluding hydrogens is 194 g/mol. The molecule has 1 atom stereocenters. The molecule has 1 fully saturated rings. The Balaban J connectivity index is 1.67. The van der Waals surface area contributed by atoms with E-state index in [2.05, 4.69) is 24.4 Å². The first kappa shape index (κ1) is 10.1. The minimum Gasteiger partial charge on any atom is -0.381 e. The molecule has 1 aliphatic heterocycles. The Kier molecular flexibility index (Phi) is 3.56. The fourth-order valence-corrected chi connectivity index (χ4v) is 2.58. The highest BCUT2D eigenvalue weighted by atomic mass is 32.1. The summed E-state index contributed by atoms with van der Waals surface area (Å²) in [5, 5.41) is 3.49. The molecule has 3 heteroatoms. The van der Waals surface area contributed by atoms with Crippen LogP contribution in [0.15, 0.2) is 12.1 Å². The van der Waals surface area contributed by atoms with E-state index in [1.54, 1.807) is 0 Å². The van der Waals surface area contributed by atoms with E-state index in [-0.39, 0.29) is 0 Å². The smallest absolute Gasteiger partial charge is 0.0507 e. The number of nitrogens with one attached hydrogen (secondary N) is 1. The molecule has 1 unspecified atom stereocenters. The topological polar surface area (TPSA) is 21.3 Å². The molecule has 0 bridgehead atoms. The molecule has 1 saturated heterocycles. The molecule has 0 aliphatic carbocycles. The normalized spacial score (nSPS) is 21.6. The summed E-state index contributed by atoms with van der Waals surface area (Å²) in [4.78, 5) is 2.83. The Labute approximate surface area is 89.3 Å². The van der Waals surface area contributed by atoms with Crippen molar-refractivity contribution in [2.45, 2.75) is 19.9 Å². The zero-order valence-corrected chi connectivity index (χ0v) is 9.40. The highest BCUT2D eigenvalue weighted by molar-refractivity contribution is 7.11.